The van der Waals surface area contributed by atoms with Gasteiger partial charge in [-0.15, -0.1) is 0 Å². The molecule has 0 amide bonds. The van der Waals surface area contributed by atoms with Gasteiger partial charge in [0.2, 0.25) is 0 Å². The van der Waals surface area contributed by atoms with Crippen LogP contribution in [-0.2, 0) is 16.1 Å². The van der Waals surface area contributed by atoms with Gasteiger partial charge in [-0.2, -0.15) is 0 Å². The number of benzene rings is 2. The van der Waals surface area contributed by atoms with Crippen LogP contribution in [0.2, 0.25) is 0 Å². The van der Waals surface area contributed by atoms with Gasteiger partial charge < -0.3 is 29.7 Å². The van der Waals surface area contributed by atoms with Gasteiger partial charge in [-0.1, -0.05) is 30.3 Å². The van der Waals surface area contributed by atoms with E-state index in [-0.39, 0.29) is 18.8 Å². The van der Waals surface area contributed by atoms with Crippen LogP contribution < -0.4 is 14.8 Å². The largest absolute Gasteiger partial charge is 0.503 e. The Bertz CT molecular complexity index is 790. The Morgan fingerprint density at radius 1 is 1.07 bits per heavy atom. The standard InChI is InChI=1S/C21H25NO6/c1-26-15-20(21(24)25)19-8-3-2-5-16(19)14-28-18-7-4-6-17(13-18)27-12-10-22-9-11-23/h2-8,13,15,22-23H,9-12,14H2,1H3,(H,24,25). The average Bonchev–Trinajstić information content (AvgIpc) is 2.71. The molecule has 2 rings (SSSR count). The number of aliphatic carboxylic acids is 1. The summed E-state index contributed by atoms with van der Waals surface area (Å²) in [6.45, 7) is 1.92. The molecule has 0 bridgehead atoms. The monoisotopic (exact) mass is 387 g/mol. The Balaban J connectivity index is 2.02. The van der Waals surface area contributed by atoms with Crippen molar-refractivity contribution < 1.29 is 29.2 Å². The molecular formula is C21H25NO6. The molecule has 0 atom stereocenters. The van der Waals surface area contributed by atoms with Crippen molar-refractivity contribution in [3.05, 3.63) is 65.9 Å². The number of carboxylic acids is 1. The quantitative estimate of drug-likeness (QED) is 0.292. The van der Waals surface area contributed by atoms with Crippen LogP contribution in [0.25, 0.3) is 5.57 Å². The first-order chi connectivity index (χ1) is 13.7. The van der Waals surface area contributed by atoms with Crippen LogP contribution in [0.1, 0.15) is 11.1 Å². The van der Waals surface area contributed by atoms with Crippen molar-refractivity contribution in [3.8, 4) is 11.5 Å². The van der Waals surface area contributed by atoms with E-state index in [0.29, 0.717) is 36.8 Å². The second-order valence-corrected chi connectivity index (χ2v) is 5.82. The van der Waals surface area contributed by atoms with E-state index in [0.717, 1.165) is 5.56 Å². The minimum atomic E-state index is -1.07. The molecule has 3 N–H and O–H groups in total. The number of aliphatic hydroxyl groups excluding tert-OH is 1. The predicted octanol–water partition coefficient (Wildman–Crippen LogP) is 2.30. The molecule has 0 heterocycles. The highest BCUT2D eigenvalue weighted by atomic mass is 16.5. The Hall–Kier alpha value is -3.03. The Morgan fingerprint density at radius 3 is 2.54 bits per heavy atom. The maximum absolute atomic E-state index is 11.5. The molecule has 28 heavy (non-hydrogen) atoms. The number of aliphatic hydroxyl groups is 1. The van der Waals surface area contributed by atoms with Crippen LogP contribution in [-0.4, -0.2) is 49.6 Å². The summed E-state index contributed by atoms with van der Waals surface area (Å²) >= 11 is 0. The van der Waals surface area contributed by atoms with Crippen LogP contribution in [0, 0.1) is 0 Å². The van der Waals surface area contributed by atoms with Crippen molar-refractivity contribution in [1.29, 1.82) is 0 Å². The van der Waals surface area contributed by atoms with E-state index in [2.05, 4.69) is 5.32 Å². The number of carbonyl (C=O) groups is 1. The summed E-state index contributed by atoms with van der Waals surface area (Å²) in [4.78, 5) is 11.5. The lowest BCUT2D eigenvalue weighted by molar-refractivity contribution is -0.130. The van der Waals surface area contributed by atoms with Gasteiger partial charge in [0.15, 0.2) is 0 Å². The summed E-state index contributed by atoms with van der Waals surface area (Å²) in [7, 11) is 1.41. The fraction of sp³-hybridized carbons (Fsp3) is 0.286. The van der Waals surface area contributed by atoms with Gasteiger partial charge in [0.25, 0.3) is 0 Å². The molecule has 0 aliphatic carbocycles. The van der Waals surface area contributed by atoms with E-state index >= 15 is 0 Å². The third-order valence-corrected chi connectivity index (χ3v) is 3.81. The number of carboxylic acid groups (broad SMARTS) is 1. The molecule has 0 unspecified atom stereocenters. The van der Waals surface area contributed by atoms with Gasteiger partial charge in [0.05, 0.1) is 20.0 Å². The molecule has 0 aliphatic heterocycles. The van der Waals surface area contributed by atoms with E-state index < -0.39 is 5.97 Å². The van der Waals surface area contributed by atoms with Crippen LogP contribution in [0.4, 0.5) is 0 Å². The van der Waals surface area contributed by atoms with Gasteiger partial charge in [0, 0.05) is 19.2 Å². The summed E-state index contributed by atoms with van der Waals surface area (Å²) in [5.41, 5.74) is 1.33. The first-order valence-corrected chi connectivity index (χ1v) is 8.87. The summed E-state index contributed by atoms with van der Waals surface area (Å²) in [6.07, 6.45) is 1.21. The van der Waals surface area contributed by atoms with Crippen molar-refractivity contribution >= 4 is 11.5 Å². The molecule has 7 nitrogen and oxygen atoms in total. The lowest BCUT2D eigenvalue weighted by atomic mass is 10.0. The van der Waals surface area contributed by atoms with E-state index in [1.807, 2.05) is 30.3 Å². The molecule has 7 heteroatoms. The van der Waals surface area contributed by atoms with Crippen molar-refractivity contribution in [2.75, 3.05) is 33.4 Å². The lowest BCUT2D eigenvalue weighted by Gasteiger charge is -2.13. The fourth-order valence-electron chi connectivity index (χ4n) is 2.52. The lowest BCUT2D eigenvalue weighted by Crippen LogP contribution is -2.23. The average molecular weight is 387 g/mol. The molecule has 0 fully saturated rings. The number of methoxy groups -OCH3 is 1. The zero-order valence-electron chi connectivity index (χ0n) is 15.8. The van der Waals surface area contributed by atoms with Gasteiger partial charge in [-0.05, 0) is 23.3 Å². The van der Waals surface area contributed by atoms with Crippen LogP contribution in [0.3, 0.4) is 0 Å². The Morgan fingerprint density at radius 2 is 1.82 bits per heavy atom. The van der Waals surface area contributed by atoms with Crippen molar-refractivity contribution in [3.63, 3.8) is 0 Å². The molecule has 0 saturated heterocycles. The fourth-order valence-corrected chi connectivity index (χ4v) is 2.52. The summed E-state index contributed by atoms with van der Waals surface area (Å²) in [5, 5.41) is 21.2. The number of rotatable bonds is 12. The molecule has 0 aromatic heterocycles. The van der Waals surface area contributed by atoms with E-state index in [9.17, 15) is 9.90 Å². The number of ether oxygens (including phenoxy) is 3. The minimum Gasteiger partial charge on any atom is -0.503 e. The van der Waals surface area contributed by atoms with Crippen molar-refractivity contribution in [2.24, 2.45) is 0 Å². The second-order valence-electron chi connectivity index (χ2n) is 5.82. The highest BCUT2D eigenvalue weighted by Crippen LogP contribution is 2.24. The minimum absolute atomic E-state index is 0.0640. The van der Waals surface area contributed by atoms with E-state index in [4.69, 9.17) is 19.3 Å². The van der Waals surface area contributed by atoms with Crippen LogP contribution >= 0.6 is 0 Å². The smallest absolute Gasteiger partial charge is 0.339 e. The van der Waals surface area contributed by atoms with E-state index in [1.165, 1.54) is 13.4 Å². The summed E-state index contributed by atoms with van der Waals surface area (Å²) in [5.74, 6) is 0.213. The third kappa shape index (κ3) is 6.61. The molecule has 2 aromatic carbocycles. The second kappa shape index (κ2) is 11.6. The Kier molecular flexibility index (Phi) is 8.84. The maximum atomic E-state index is 11.5. The zero-order valence-corrected chi connectivity index (χ0v) is 15.8. The first kappa shape index (κ1) is 21.3. The third-order valence-electron chi connectivity index (χ3n) is 3.81. The highest BCUT2D eigenvalue weighted by Gasteiger charge is 2.15. The van der Waals surface area contributed by atoms with Crippen LogP contribution in [0.15, 0.2) is 54.8 Å². The molecule has 2 aromatic rings. The SMILES string of the molecule is COC=C(C(=O)O)c1ccccc1COc1cccc(OCCNCCO)c1. The molecule has 0 spiro atoms. The highest BCUT2D eigenvalue weighted by molar-refractivity contribution is 6.15. The van der Waals surface area contributed by atoms with Gasteiger partial charge in [-0.25, -0.2) is 4.79 Å². The first-order valence-electron chi connectivity index (χ1n) is 8.87. The van der Waals surface area contributed by atoms with Crippen molar-refractivity contribution in [2.45, 2.75) is 6.61 Å². The number of hydrogen-bond acceptors (Lipinski definition) is 6. The zero-order chi connectivity index (χ0) is 20.2. The molecule has 0 radical (unpaired) electrons. The predicted molar refractivity (Wildman–Crippen MR) is 105 cm³/mol. The van der Waals surface area contributed by atoms with Crippen molar-refractivity contribution in [1.82, 2.24) is 5.32 Å². The maximum Gasteiger partial charge on any atom is 0.339 e. The number of nitrogens with one attached hydrogen (secondary N) is 1. The molecule has 150 valence electrons. The normalized spacial score (nSPS) is 11.1. The number of hydrogen-bond donors (Lipinski definition) is 3. The molecule has 0 aliphatic rings. The van der Waals surface area contributed by atoms with Gasteiger partial charge in [0.1, 0.15) is 30.3 Å². The van der Waals surface area contributed by atoms with Crippen LogP contribution in [0.5, 0.6) is 11.5 Å². The summed E-state index contributed by atoms with van der Waals surface area (Å²) in [6, 6.07) is 14.4. The van der Waals surface area contributed by atoms with E-state index in [1.54, 1.807) is 18.2 Å². The van der Waals surface area contributed by atoms with Gasteiger partial charge in [-0.3, -0.25) is 0 Å². The topological polar surface area (TPSA) is 97.3 Å². The summed E-state index contributed by atoms with van der Waals surface area (Å²) < 4.78 is 16.4. The van der Waals surface area contributed by atoms with Gasteiger partial charge >= 0.3 is 5.97 Å². The molecule has 0 saturated carbocycles. The molecular weight excluding hydrogens is 362 g/mol. The Labute approximate surface area is 164 Å².